The van der Waals surface area contributed by atoms with Gasteiger partial charge in [-0.1, -0.05) is 25.8 Å². The minimum Gasteiger partial charge on any atom is -0.305 e. The summed E-state index contributed by atoms with van der Waals surface area (Å²) >= 11 is 0. The highest BCUT2D eigenvalue weighted by atomic mass is 16.2. The van der Waals surface area contributed by atoms with Crippen molar-refractivity contribution in [1.29, 1.82) is 5.26 Å². The van der Waals surface area contributed by atoms with Crippen LogP contribution in [0.5, 0.6) is 0 Å². The van der Waals surface area contributed by atoms with E-state index in [0.29, 0.717) is 0 Å². The van der Waals surface area contributed by atoms with Gasteiger partial charge in [0, 0.05) is 11.7 Å². The van der Waals surface area contributed by atoms with E-state index in [1.807, 2.05) is 13.0 Å². The van der Waals surface area contributed by atoms with Gasteiger partial charge < -0.3 is 4.90 Å². The van der Waals surface area contributed by atoms with Gasteiger partial charge in [0.25, 0.3) is 5.91 Å². The Balaban J connectivity index is 2.23. The smallest absolute Gasteiger partial charge is 0.269 e. The first kappa shape index (κ1) is 10.9. The predicted octanol–water partition coefficient (Wildman–Crippen LogP) is 2.52. The Morgan fingerprint density at radius 3 is 2.50 bits per heavy atom. The minimum absolute atomic E-state index is 0.142. The molecule has 1 aliphatic heterocycles. The van der Waals surface area contributed by atoms with Crippen molar-refractivity contribution < 1.29 is 4.79 Å². The molecule has 1 saturated carbocycles. The average molecular weight is 216 g/mol. The average Bonchev–Trinajstić information content (AvgIpc) is 2.51. The van der Waals surface area contributed by atoms with Gasteiger partial charge in [0.1, 0.15) is 11.6 Å². The number of amides is 1. The van der Waals surface area contributed by atoms with Crippen molar-refractivity contribution in [3.05, 3.63) is 23.4 Å². The van der Waals surface area contributed by atoms with Gasteiger partial charge >= 0.3 is 0 Å². The second-order valence-electron chi connectivity index (χ2n) is 4.53. The van der Waals surface area contributed by atoms with Gasteiger partial charge in [-0.15, -0.1) is 0 Å². The number of carbonyl (C=O) groups excluding carboxylic acids is 1. The summed E-state index contributed by atoms with van der Waals surface area (Å²) in [5, 5.41) is 8.94. The number of allylic oxidation sites excluding steroid dienone is 1. The summed E-state index contributed by atoms with van der Waals surface area (Å²) in [4.78, 5) is 13.8. The lowest BCUT2D eigenvalue weighted by Gasteiger charge is -2.32. The quantitative estimate of drug-likeness (QED) is 0.676. The van der Waals surface area contributed by atoms with Gasteiger partial charge in [0.05, 0.1) is 0 Å². The molecule has 0 bridgehead atoms. The van der Waals surface area contributed by atoms with Crippen LogP contribution in [0.1, 0.15) is 39.0 Å². The fourth-order valence-corrected chi connectivity index (χ4v) is 2.59. The van der Waals surface area contributed by atoms with Crippen LogP contribution in [-0.4, -0.2) is 16.8 Å². The van der Waals surface area contributed by atoms with Crippen LogP contribution in [0.2, 0.25) is 0 Å². The van der Waals surface area contributed by atoms with Crippen LogP contribution >= 0.6 is 0 Å². The maximum Gasteiger partial charge on any atom is 0.269 e. The van der Waals surface area contributed by atoms with Crippen LogP contribution in [-0.2, 0) is 4.79 Å². The number of hydrogen-bond donors (Lipinski definition) is 0. The standard InChI is InChI=1S/C13H16N2O/c1-9-10(2)15(13(16)12(9)8-14)11-6-4-3-5-7-11/h11H,2-7H2,1H3. The summed E-state index contributed by atoms with van der Waals surface area (Å²) in [6, 6.07) is 2.25. The Morgan fingerprint density at radius 2 is 2.00 bits per heavy atom. The molecular weight excluding hydrogens is 200 g/mol. The molecule has 84 valence electrons. The molecule has 1 aliphatic carbocycles. The molecule has 0 aromatic carbocycles. The van der Waals surface area contributed by atoms with Gasteiger partial charge in [-0.05, 0) is 25.3 Å². The highest BCUT2D eigenvalue weighted by Crippen LogP contribution is 2.34. The van der Waals surface area contributed by atoms with Crippen LogP contribution in [0, 0.1) is 11.3 Å². The first-order chi connectivity index (χ1) is 7.66. The van der Waals surface area contributed by atoms with Gasteiger partial charge in [0.15, 0.2) is 0 Å². The lowest BCUT2D eigenvalue weighted by atomic mass is 9.94. The van der Waals surface area contributed by atoms with Crippen molar-refractivity contribution in [3.8, 4) is 6.07 Å². The summed E-state index contributed by atoms with van der Waals surface area (Å²) < 4.78 is 0. The maximum atomic E-state index is 12.0. The molecule has 16 heavy (non-hydrogen) atoms. The van der Waals surface area contributed by atoms with Gasteiger partial charge in [-0.3, -0.25) is 4.79 Å². The number of nitriles is 1. The van der Waals surface area contributed by atoms with Crippen molar-refractivity contribution in [2.75, 3.05) is 0 Å². The van der Waals surface area contributed by atoms with Crippen molar-refractivity contribution >= 4 is 5.91 Å². The Bertz CT molecular complexity index is 408. The van der Waals surface area contributed by atoms with Gasteiger partial charge in [-0.2, -0.15) is 5.26 Å². The molecule has 0 saturated heterocycles. The molecule has 2 rings (SSSR count). The minimum atomic E-state index is -0.142. The molecule has 3 nitrogen and oxygen atoms in total. The molecule has 0 radical (unpaired) electrons. The monoisotopic (exact) mass is 216 g/mol. The second kappa shape index (κ2) is 4.13. The van der Waals surface area contributed by atoms with E-state index in [-0.39, 0.29) is 17.5 Å². The summed E-state index contributed by atoms with van der Waals surface area (Å²) in [5.41, 5.74) is 1.75. The van der Waals surface area contributed by atoms with Gasteiger partial charge in [0.2, 0.25) is 0 Å². The Morgan fingerprint density at radius 1 is 1.38 bits per heavy atom. The Labute approximate surface area is 96.0 Å². The molecule has 0 aromatic heterocycles. The summed E-state index contributed by atoms with van der Waals surface area (Å²) in [6.07, 6.45) is 5.67. The van der Waals surface area contributed by atoms with Crippen molar-refractivity contribution in [3.63, 3.8) is 0 Å². The van der Waals surface area contributed by atoms with E-state index in [4.69, 9.17) is 5.26 Å². The second-order valence-corrected chi connectivity index (χ2v) is 4.53. The first-order valence-corrected chi connectivity index (χ1v) is 5.80. The molecule has 0 unspecified atom stereocenters. The molecule has 1 amide bonds. The van der Waals surface area contributed by atoms with Crippen molar-refractivity contribution in [1.82, 2.24) is 4.90 Å². The van der Waals surface area contributed by atoms with E-state index in [0.717, 1.165) is 24.1 Å². The summed E-state index contributed by atoms with van der Waals surface area (Å²) in [7, 11) is 0. The van der Waals surface area contributed by atoms with Crippen LogP contribution in [0.4, 0.5) is 0 Å². The van der Waals surface area contributed by atoms with E-state index >= 15 is 0 Å². The SMILES string of the molecule is C=C1C(C)=C(C#N)C(=O)N1C1CCCCC1. The zero-order valence-corrected chi connectivity index (χ0v) is 9.62. The molecular formula is C13H16N2O. The summed E-state index contributed by atoms with van der Waals surface area (Å²) in [5.74, 6) is -0.142. The van der Waals surface area contributed by atoms with Crippen molar-refractivity contribution in [2.24, 2.45) is 0 Å². The zero-order chi connectivity index (χ0) is 11.7. The van der Waals surface area contributed by atoms with Crippen molar-refractivity contribution in [2.45, 2.75) is 45.1 Å². The molecule has 3 heteroatoms. The Kier molecular flexibility index (Phi) is 2.82. The molecule has 1 fully saturated rings. The largest absolute Gasteiger partial charge is 0.305 e. The van der Waals surface area contributed by atoms with Crippen LogP contribution in [0.25, 0.3) is 0 Å². The third-order valence-corrected chi connectivity index (χ3v) is 3.58. The highest BCUT2D eigenvalue weighted by Gasteiger charge is 2.36. The van der Waals surface area contributed by atoms with Crippen LogP contribution < -0.4 is 0 Å². The number of rotatable bonds is 1. The first-order valence-electron chi connectivity index (χ1n) is 5.80. The van der Waals surface area contributed by atoms with E-state index in [9.17, 15) is 4.79 Å². The molecule has 0 spiro atoms. The third-order valence-electron chi connectivity index (χ3n) is 3.58. The predicted molar refractivity (Wildman–Crippen MR) is 61.2 cm³/mol. The van der Waals surface area contributed by atoms with E-state index in [1.54, 1.807) is 4.90 Å². The lowest BCUT2D eigenvalue weighted by Crippen LogP contribution is -2.37. The summed E-state index contributed by atoms with van der Waals surface area (Å²) in [6.45, 7) is 5.74. The number of carbonyl (C=O) groups is 1. The van der Waals surface area contributed by atoms with E-state index < -0.39 is 0 Å². The molecule has 2 aliphatic rings. The van der Waals surface area contributed by atoms with Crippen LogP contribution in [0.15, 0.2) is 23.4 Å². The highest BCUT2D eigenvalue weighted by molar-refractivity contribution is 6.03. The lowest BCUT2D eigenvalue weighted by molar-refractivity contribution is -0.126. The van der Waals surface area contributed by atoms with Gasteiger partial charge in [-0.25, -0.2) is 0 Å². The third kappa shape index (κ3) is 1.55. The Hall–Kier alpha value is -1.56. The molecule has 1 heterocycles. The number of hydrogen-bond acceptors (Lipinski definition) is 2. The normalized spacial score (nSPS) is 22.9. The fourth-order valence-electron chi connectivity index (χ4n) is 2.59. The topological polar surface area (TPSA) is 44.1 Å². The van der Waals surface area contributed by atoms with Crippen LogP contribution in [0.3, 0.4) is 0 Å². The molecule has 0 N–H and O–H groups in total. The van der Waals surface area contributed by atoms with E-state index in [1.165, 1.54) is 19.3 Å². The molecule has 0 aromatic rings. The fraction of sp³-hybridized carbons (Fsp3) is 0.538. The number of nitrogens with zero attached hydrogens (tertiary/aromatic N) is 2. The maximum absolute atomic E-state index is 12.0. The zero-order valence-electron chi connectivity index (χ0n) is 9.62. The molecule has 0 atom stereocenters. The van der Waals surface area contributed by atoms with E-state index in [2.05, 4.69) is 6.58 Å².